The van der Waals surface area contributed by atoms with Crippen molar-refractivity contribution in [3.63, 3.8) is 0 Å². The number of nitrogens with zero attached hydrogens (tertiary/aromatic N) is 3. The molecule has 0 atom stereocenters. The highest BCUT2D eigenvalue weighted by atomic mass is 19.1. The lowest BCUT2D eigenvalue weighted by Crippen LogP contribution is -2.23. The van der Waals surface area contributed by atoms with Crippen molar-refractivity contribution in [2.24, 2.45) is 7.05 Å². The zero-order valence-corrected chi connectivity index (χ0v) is 14.9. The molecule has 0 aliphatic rings. The molecule has 2 aromatic heterocycles. The summed E-state index contributed by atoms with van der Waals surface area (Å²) in [5.41, 5.74) is 4.43. The Bertz CT molecular complexity index is 920. The van der Waals surface area contributed by atoms with Gasteiger partial charge in [0.15, 0.2) is 0 Å². The van der Waals surface area contributed by atoms with Gasteiger partial charge in [0.25, 0.3) is 0 Å². The molecule has 1 amide bonds. The van der Waals surface area contributed by atoms with E-state index in [-0.39, 0.29) is 11.7 Å². The molecule has 2 heterocycles. The van der Waals surface area contributed by atoms with E-state index in [4.69, 9.17) is 0 Å². The summed E-state index contributed by atoms with van der Waals surface area (Å²) in [5.74, 6) is -0.266. The maximum atomic E-state index is 13.3. The van der Waals surface area contributed by atoms with Crippen LogP contribution < -0.4 is 5.32 Å². The summed E-state index contributed by atoms with van der Waals surface area (Å²) in [6.45, 7) is 2.14. The second-order valence-electron chi connectivity index (χ2n) is 6.34. The lowest BCUT2D eigenvalue weighted by molar-refractivity contribution is -0.121. The van der Waals surface area contributed by atoms with E-state index in [1.807, 2.05) is 19.3 Å². The van der Waals surface area contributed by atoms with Gasteiger partial charge in [-0.2, -0.15) is 5.10 Å². The fourth-order valence-electron chi connectivity index (χ4n) is 2.72. The van der Waals surface area contributed by atoms with Gasteiger partial charge in [0, 0.05) is 49.7 Å². The fraction of sp³-hybridized carbons (Fsp3) is 0.250. The van der Waals surface area contributed by atoms with Crippen molar-refractivity contribution >= 4 is 5.91 Å². The van der Waals surface area contributed by atoms with Gasteiger partial charge >= 0.3 is 0 Å². The predicted octanol–water partition coefficient (Wildman–Crippen LogP) is 3.18. The highest BCUT2D eigenvalue weighted by Gasteiger charge is 2.06. The van der Waals surface area contributed by atoms with Crippen LogP contribution in [0.4, 0.5) is 4.39 Å². The standard InChI is InChI=1S/C20H21FN4O/c1-14-7-15(3-5-19(14)21)4-6-20(26)23-10-16-8-17(11-22-9-16)18-12-24-25(2)13-18/h3,5,7-9,11-13H,4,6,10H2,1-2H3,(H,23,26). The van der Waals surface area contributed by atoms with Crippen molar-refractivity contribution in [1.29, 1.82) is 0 Å². The highest BCUT2D eigenvalue weighted by Crippen LogP contribution is 2.18. The van der Waals surface area contributed by atoms with E-state index in [2.05, 4.69) is 15.4 Å². The number of benzene rings is 1. The van der Waals surface area contributed by atoms with Crippen LogP contribution in [0.25, 0.3) is 11.1 Å². The molecule has 6 heteroatoms. The normalized spacial score (nSPS) is 10.7. The van der Waals surface area contributed by atoms with Gasteiger partial charge in [0.1, 0.15) is 5.82 Å². The molecule has 0 saturated carbocycles. The van der Waals surface area contributed by atoms with Gasteiger partial charge < -0.3 is 5.32 Å². The molecule has 0 aliphatic carbocycles. The fourth-order valence-corrected chi connectivity index (χ4v) is 2.72. The Hall–Kier alpha value is -3.02. The number of pyridine rings is 1. The minimum atomic E-state index is -0.223. The smallest absolute Gasteiger partial charge is 0.220 e. The largest absolute Gasteiger partial charge is 0.352 e. The minimum Gasteiger partial charge on any atom is -0.352 e. The molecule has 0 radical (unpaired) electrons. The van der Waals surface area contributed by atoms with Crippen LogP contribution in [0.5, 0.6) is 0 Å². The summed E-state index contributed by atoms with van der Waals surface area (Å²) in [5, 5.41) is 7.06. The second kappa shape index (κ2) is 7.91. The van der Waals surface area contributed by atoms with Gasteiger partial charge in [-0.05, 0) is 42.2 Å². The Balaban J connectivity index is 1.53. The molecule has 1 N–H and O–H groups in total. The lowest BCUT2D eigenvalue weighted by atomic mass is 10.1. The van der Waals surface area contributed by atoms with E-state index in [1.165, 1.54) is 6.07 Å². The van der Waals surface area contributed by atoms with Gasteiger partial charge in [-0.25, -0.2) is 4.39 Å². The van der Waals surface area contributed by atoms with Crippen LogP contribution in [0.3, 0.4) is 0 Å². The van der Waals surface area contributed by atoms with Crippen LogP contribution in [0.2, 0.25) is 0 Å². The van der Waals surface area contributed by atoms with Crippen molar-refractivity contribution in [3.8, 4) is 11.1 Å². The van der Waals surface area contributed by atoms with Crippen LogP contribution in [0.1, 0.15) is 23.1 Å². The number of carbonyl (C=O) groups is 1. The zero-order chi connectivity index (χ0) is 18.5. The number of hydrogen-bond acceptors (Lipinski definition) is 3. The van der Waals surface area contributed by atoms with Gasteiger partial charge in [0.2, 0.25) is 5.91 Å². The van der Waals surface area contributed by atoms with E-state index in [9.17, 15) is 9.18 Å². The number of halogens is 1. The zero-order valence-electron chi connectivity index (χ0n) is 14.9. The van der Waals surface area contributed by atoms with Crippen molar-refractivity contribution in [2.75, 3.05) is 0 Å². The topological polar surface area (TPSA) is 59.8 Å². The highest BCUT2D eigenvalue weighted by molar-refractivity contribution is 5.76. The first-order chi connectivity index (χ1) is 12.5. The minimum absolute atomic E-state index is 0.0428. The van der Waals surface area contributed by atoms with Crippen molar-refractivity contribution in [2.45, 2.75) is 26.3 Å². The van der Waals surface area contributed by atoms with Gasteiger partial charge in [0.05, 0.1) is 6.20 Å². The SMILES string of the molecule is Cc1cc(CCC(=O)NCc2cncc(-c3cnn(C)c3)c2)ccc1F. The average molecular weight is 352 g/mol. The van der Waals surface area contributed by atoms with E-state index in [1.54, 1.807) is 42.3 Å². The molecule has 0 aliphatic heterocycles. The third kappa shape index (κ3) is 4.53. The number of aryl methyl sites for hydroxylation is 3. The maximum absolute atomic E-state index is 13.3. The molecule has 0 fully saturated rings. The number of hydrogen-bond donors (Lipinski definition) is 1. The third-order valence-electron chi connectivity index (χ3n) is 4.19. The summed E-state index contributed by atoms with van der Waals surface area (Å²) in [7, 11) is 1.86. The number of carbonyl (C=O) groups excluding carboxylic acids is 1. The van der Waals surface area contributed by atoms with E-state index >= 15 is 0 Å². The molecule has 0 saturated heterocycles. The van der Waals surface area contributed by atoms with E-state index in [0.29, 0.717) is 24.9 Å². The van der Waals surface area contributed by atoms with Crippen LogP contribution >= 0.6 is 0 Å². The monoisotopic (exact) mass is 352 g/mol. The number of amides is 1. The number of aromatic nitrogens is 3. The Morgan fingerprint density at radius 3 is 2.73 bits per heavy atom. The quantitative estimate of drug-likeness (QED) is 0.741. The van der Waals surface area contributed by atoms with Crippen molar-refractivity contribution < 1.29 is 9.18 Å². The Labute approximate surface area is 151 Å². The van der Waals surface area contributed by atoms with Gasteiger partial charge in [-0.15, -0.1) is 0 Å². The molecule has 3 rings (SSSR count). The number of rotatable bonds is 6. The van der Waals surface area contributed by atoms with Crippen LogP contribution in [0.15, 0.2) is 49.1 Å². The van der Waals surface area contributed by atoms with Crippen LogP contribution in [-0.4, -0.2) is 20.7 Å². The molecular formula is C20H21FN4O. The molecule has 3 aromatic rings. The summed E-state index contributed by atoms with van der Waals surface area (Å²) in [6.07, 6.45) is 8.17. The average Bonchev–Trinajstić information content (AvgIpc) is 3.08. The number of nitrogens with one attached hydrogen (secondary N) is 1. The lowest BCUT2D eigenvalue weighted by Gasteiger charge is -2.07. The summed E-state index contributed by atoms with van der Waals surface area (Å²) in [4.78, 5) is 16.3. The maximum Gasteiger partial charge on any atom is 0.220 e. The first-order valence-electron chi connectivity index (χ1n) is 8.46. The summed E-state index contributed by atoms with van der Waals surface area (Å²) >= 11 is 0. The Morgan fingerprint density at radius 2 is 2.00 bits per heavy atom. The van der Waals surface area contributed by atoms with Gasteiger partial charge in [-0.1, -0.05) is 12.1 Å². The van der Waals surface area contributed by atoms with E-state index < -0.39 is 0 Å². The predicted molar refractivity (Wildman–Crippen MR) is 97.7 cm³/mol. The summed E-state index contributed by atoms with van der Waals surface area (Å²) < 4.78 is 15.0. The molecule has 1 aromatic carbocycles. The van der Waals surface area contributed by atoms with Crippen LogP contribution in [-0.2, 0) is 24.8 Å². The molecule has 0 spiro atoms. The summed E-state index contributed by atoms with van der Waals surface area (Å²) in [6, 6.07) is 6.94. The molecule has 0 unspecified atom stereocenters. The molecule has 134 valence electrons. The Kier molecular flexibility index (Phi) is 5.41. The van der Waals surface area contributed by atoms with Crippen molar-refractivity contribution in [1.82, 2.24) is 20.1 Å². The third-order valence-corrected chi connectivity index (χ3v) is 4.19. The second-order valence-corrected chi connectivity index (χ2v) is 6.34. The van der Waals surface area contributed by atoms with E-state index in [0.717, 1.165) is 22.3 Å². The first kappa shape index (κ1) is 17.8. The van der Waals surface area contributed by atoms with Crippen molar-refractivity contribution in [3.05, 3.63) is 71.6 Å². The molecule has 5 nitrogen and oxygen atoms in total. The van der Waals surface area contributed by atoms with Crippen LogP contribution in [0, 0.1) is 12.7 Å². The molecule has 26 heavy (non-hydrogen) atoms. The first-order valence-corrected chi connectivity index (χ1v) is 8.46. The molecule has 0 bridgehead atoms. The Morgan fingerprint density at radius 1 is 1.15 bits per heavy atom. The van der Waals surface area contributed by atoms with Gasteiger partial charge in [-0.3, -0.25) is 14.5 Å². The molecular weight excluding hydrogens is 331 g/mol.